The van der Waals surface area contributed by atoms with E-state index in [0.29, 0.717) is 23.5 Å². The summed E-state index contributed by atoms with van der Waals surface area (Å²) in [7, 11) is 0. The van der Waals surface area contributed by atoms with E-state index >= 15 is 0 Å². The lowest BCUT2D eigenvalue weighted by atomic mass is 9.94. The SMILES string of the molecule is CCC(CC)CCc1cc(C)c(O)c(F)c1F. The fourth-order valence-corrected chi connectivity index (χ4v) is 2.05. The minimum atomic E-state index is -1.12. The van der Waals surface area contributed by atoms with E-state index in [9.17, 15) is 13.9 Å². The number of aryl methyl sites for hydroxylation is 2. The first-order chi connectivity index (χ1) is 8.01. The molecular formula is C14H20F2O. The van der Waals surface area contributed by atoms with Crippen molar-refractivity contribution >= 4 is 0 Å². The average molecular weight is 242 g/mol. The monoisotopic (exact) mass is 242 g/mol. The van der Waals surface area contributed by atoms with Gasteiger partial charge in [0.2, 0.25) is 5.82 Å². The molecule has 0 heterocycles. The zero-order valence-corrected chi connectivity index (χ0v) is 10.7. The normalized spacial score (nSPS) is 11.2. The average Bonchev–Trinajstić information content (AvgIpc) is 2.33. The van der Waals surface area contributed by atoms with Crippen molar-refractivity contribution in [3.8, 4) is 5.75 Å². The van der Waals surface area contributed by atoms with Gasteiger partial charge in [-0.25, -0.2) is 4.39 Å². The molecule has 96 valence electrons. The second kappa shape index (κ2) is 5.99. The highest BCUT2D eigenvalue weighted by molar-refractivity contribution is 5.37. The summed E-state index contributed by atoms with van der Waals surface area (Å²) in [5.74, 6) is -2.05. The molecule has 0 fully saturated rings. The second-order valence-corrected chi connectivity index (χ2v) is 4.55. The van der Waals surface area contributed by atoms with Gasteiger partial charge in [-0.15, -0.1) is 0 Å². The molecule has 1 aromatic carbocycles. The fourth-order valence-electron chi connectivity index (χ4n) is 2.05. The van der Waals surface area contributed by atoms with Gasteiger partial charge in [-0.3, -0.25) is 0 Å². The number of halogens is 2. The highest BCUT2D eigenvalue weighted by Gasteiger charge is 2.16. The van der Waals surface area contributed by atoms with Crippen molar-refractivity contribution in [1.82, 2.24) is 0 Å². The van der Waals surface area contributed by atoms with E-state index in [1.807, 2.05) is 0 Å². The van der Waals surface area contributed by atoms with Crippen LogP contribution in [0.3, 0.4) is 0 Å². The molecule has 0 atom stereocenters. The molecule has 0 saturated carbocycles. The maximum atomic E-state index is 13.6. The van der Waals surface area contributed by atoms with Gasteiger partial charge in [0.25, 0.3) is 0 Å². The Morgan fingerprint density at radius 3 is 2.29 bits per heavy atom. The van der Waals surface area contributed by atoms with Gasteiger partial charge in [0.1, 0.15) is 0 Å². The Bertz CT molecular complexity index is 384. The van der Waals surface area contributed by atoms with Crippen molar-refractivity contribution in [2.75, 3.05) is 0 Å². The van der Waals surface area contributed by atoms with Crippen LogP contribution in [0.15, 0.2) is 6.07 Å². The summed E-state index contributed by atoms with van der Waals surface area (Å²) >= 11 is 0. The Hall–Kier alpha value is -1.12. The van der Waals surface area contributed by atoms with Gasteiger partial charge in [0.15, 0.2) is 11.6 Å². The minimum Gasteiger partial charge on any atom is -0.505 e. The molecule has 0 unspecified atom stereocenters. The molecule has 0 radical (unpaired) electrons. The molecule has 17 heavy (non-hydrogen) atoms. The van der Waals surface area contributed by atoms with E-state index in [2.05, 4.69) is 13.8 Å². The summed E-state index contributed by atoms with van der Waals surface area (Å²) in [4.78, 5) is 0. The number of benzene rings is 1. The number of phenolic OH excluding ortho intramolecular Hbond substituents is 1. The summed E-state index contributed by atoms with van der Waals surface area (Å²) in [6.07, 6.45) is 3.49. The molecular weight excluding hydrogens is 222 g/mol. The van der Waals surface area contributed by atoms with Crippen LogP contribution in [0.2, 0.25) is 0 Å². The quantitative estimate of drug-likeness (QED) is 0.814. The molecule has 0 aliphatic rings. The fraction of sp³-hybridized carbons (Fsp3) is 0.571. The molecule has 0 amide bonds. The van der Waals surface area contributed by atoms with Gasteiger partial charge in [0, 0.05) is 0 Å². The molecule has 1 rings (SSSR count). The van der Waals surface area contributed by atoms with Crippen LogP contribution >= 0.6 is 0 Å². The summed E-state index contributed by atoms with van der Waals surface area (Å²) in [5, 5.41) is 9.27. The molecule has 1 N–H and O–H groups in total. The van der Waals surface area contributed by atoms with Crippen LogP contribution in [0.1, 0.15) is 44.2 Å². The van der Waals surface area contributed by atoms with Crippen molar-refractivity contribution < 1.29 is 13.9 Å². The summed E-state index contributed by atoms with van der Waals surface area (Å²) in [5.41, 5.74) is 0.758. The molecule has 0 spiro atoms. The number of rotatable bonds is 5. The maximum absolute atomic E-state index is 13.6. The first-order valence-corrected chi connectivity index (χ1v) is 6.17. The van der Waals surface area contributed by atoms with E-state index in [-0.39, 0.29) is 0 Å². The lowest BCUT2D eigenvalue weighted by molar-refractivity contribution is 0.396. The third-order valence-electron chi connectivity index (χ3n) is 3.42. The second-order valence-electron chi connectivity index (χ2n) is 4.55. The lowest BCUT2D eigenvalue weighted by Gasteiger charge is -2.13. The molecule has 0 aromatic heterocycles. The Kier molecular flexibility index (Phi) is 4.91. The predicted molar refractivity (Wildman–Crippen MR) is 65.2 cm³/mol. The zero-order chi connectivity index (χ0) is 13.0. The lowest BCUT2D eigenvalue weighted by Crippen LogP contribution is -2.03. The molecule has 0 bridgehead atoms. The highest BCUT2D eigenvalue weighted by Crippen LogP contribution is 2.27. The third kappa shape index (κ3) is 3.18. The summed E-state index contributed by atoms with van der Waals surface area (Å²) in [6.45, 7) is 5.79. The van der Waals surface area contributed by atoms with Crippen LogP contribution in [-0.4, -0.2) is 5.11 Å². The van der Waals surface area contributed by atoms with E-state index in [0.717, 1.165) is 19.3 Å². The van der Waals surface area contributed by atoms with Gasteiger partial charge in [-0.2, -0.15) is 4.39 Å². The Balaban J connectivity index is 2.85. The van der Waals surface area contributed by atoms with Crippen molar-refractivity contribution in [3.63, 3.8) is 0 Å². The summed E-state index contributed by atoms with van der Waals surface area (Å²) in [6, 6.07) is 1.54. The Morgan fingerprint density at radius 2 is 1.76 bits per heavy atom. The predicted octanol–water partition coefficient (Wildman–Crippen LogP) is 4.35. The van der Waals surface area contributed by atoms with Crippen molar-refractivity contribution in [3.05, 3.63) is 28.8 Å². The minimum absolute atomic E-state index is 0.365. The van der Waals surface area contributed by atoms with Gasteiger partial charge in [0.05, 0.1) is 0 Å². The van der Waals surface area contributed by atoms with Crippen molar-refractivity contribution in [2.45, 2.75) is 46.5 Å². The Morgan fingerprint density at radius 1 is 1.18 bits per heavy atom. The van der Waals surface area contributed by atoms with Crippen LogP contribution in [0.5, 0.6) is 5.75 Å². The van der Waals surface area contributed by atoms with Crippen LogP contribution in [-0.2, 0) is 6.42 Å². The molecule has 0 aliphatic carbocycles. The van der Waals surface area contributed by atoms with E-state index < -0.39 is 17.4 Å². The number of hydrogen-bond donors (Lipinski definition) is 1. The summed E-state index contributed by atoms with van der Waals surface area (Å²) < 4.78 is 26.9. The first kappa shape index (κ1) is 13.9. The highest BCUT2D eigenvalue weighted by atomic mass is 19.2. The van der Waals surface area contributed by atoms with Crippen molar-refractivity contribution in [1.29, 1.82) is 0 Å². The van der Waals surface area contributed by atoms with Crippen LogP contribution in [0, 0.1) is 24.5 Å². The van der Waals surface area contributed by atoms with Crippen LogP contribution in [0.25, 0.3) is 0 Å². The standard InChI is InChI=1S/C14H20F2O/c1-4-10(5-2)6-7-11-8-9(3)14(17)13(16)12(11)15/h8,10,17H,4-7H2,1-3H3. The zero-order valence-electron chi connectivity index (χ0n) is 10.7. The molecule has 1 nitrogen and oxygen atoms in total. The number of phenols is 1. The Labute approximate surface area is 101 Å². The number of hydrogen-bond acceptors (Lipinski definition) is 1. The van der Waals surface area contributed by atoms with Crippen molar-refractivity contribution in [2.24, 2.45) is 5.92 Å². The molecule has 0 saturated heterocycles. The van der Waals surface area contributed by atoms with Crippen LogP contribution in [0.4, 0.5) is 8.78 Å². The van der Waals surface area contributed by atoms with E-state index in [1.54, 1.807) is 6.92 Å². The van der Waals surface area contributed by atoms with Gasteiger partial charge in [-0.05, 0) is 42.9 Å². The largest absolute Gasteiger partial charge is 0.505 e. The van der Waals surface area contributed by atoms with Crippen LogP contribution < -0.4 is 0 Å². The van der Waals surface area contributed by atoms with Gasteiger partial charge in [-0.1, -0.05) is 26.7 Å². The smallest absolute Gasteiger partial charge is 0.200 e. The maximum Gasteiger partial charge on any atom is 0.200 e. The molecule has 1 aromatic rings. The molecule has 0 aliphatic heterocycles. The van der Waals surface area contributed by atoms with E-state index in [1.165, 1.54) is 6.07 Å². The number of aromatic hydroxyl groups is 1. The van der Waals surface area contributed by atoms with Gasteiger partial charge < -0.3 is 5.11 Å². The molecule has 3 heteroatoms. The first-order valence-electron chi connectivity index (χ1n) is 6.17. The third-order valence-corrected chi connectivity index (χ3v) is 3.42. The van der Waals surface area contributed by atoms with E-state index in [4.69, 9.17) is 0 Å². The van der Waals surface area contributed by atoms with Gasteiger partial charge >= 0.3 is 0 Å². The topological polar surface area (TPSA) is 20.2 Å².